The molecule has 3 aliphatic heterocycles. The number of anilines is 3. The Hall–Kier alpha value is -5.73. The molecule has 3 amide bonds. The van der Waals surface area contributed by atoms with E-state index in [-0.39, 0.29) is 17.4 Å². The van der Waals surface area contributed by atoms with Crippen molar-refractivity contribution in [3.8, 4) is 0 Å². The summed E-state index contributed by atoms with van der Waals surface area (Å²) in [5.41, 5.74) is 6.45. The first kappa shape index (κ1) is 49.2. The topological polar surface area (TPSA) is 123 Å². The highest BCUT2D eigenvalue weighted by atomic mass is 35.5. The van der Waals surface area contributed by atoms with Crippen LogP contribution in [0.4, 0.5) is 30.2 Å². The van der Waals surface area contributed by atoms with Gasteiger partial charge in [0.2, 0.25) is 0 Å². The largest absolute Gasteiger partial charge is 0.416 e. The van der Waals surface area contributed by atoms with Crippen LogP contribution < -0.4 is 31.9 Å². The summed E-state index contributed by atoms with van der Waals surface area (Å²) in [7, 11) is 0. The molecule has 0 saturated carbocycles. The van der Waals surface area contributed by atoms with E-state index in [1.165, 1.54) is 35.2 Å². The molecule has 6 aromatic rings. The molecule has 15 heteroatoms. The van der Waals surface area contributed by atoms with E-state index in [1.54, 1.807) is 42.5 Å². The predicted molar refractivity (Wildman–Crippen MR) is 263 cm³/mol. The average Bonchev–Trinajstić information content (AvgIpc) is 4.17. The van der Waals surface area contributed by atoms with E-state index in [9.17, 15) is 27.6 Å². The highest BCUT2D eigenvalue weighted by molar-refractivity contribution is 6.37. The van der Waals surface area contributed by atoms with Gasteiger partial charge in [-0.1, -0.05) is 71.2 Å². The van der Waals surface area contributed by atoms with Crippen molar-refractivity contribution in [1.82, 2.24) is 16.0 Å². The minimum Gasteiger partial charge on any atom is -0.322 e. The smallest absolute Gasteiger partial charge is 0.322 e. The first-order valence-corrected chi connectivity index (χ1v) is 23.2. The van der Waals surface area contributed by atoms with E-state index in [4.69, 9.17) is 34.8 Å². The fraction of sp³-hybridized carbons (Fsp3) is 0.250. The van der Waals surface area contributed by atoms with Crippen molar-refractivity contribution >= 4 is 69.6 Å². The molecule has 348 valence electrons. The Morgan fingerprint density at radius 2 is 0.821 bits per heavy atom. The number of alkyl halides is 3. The number of benzene rings is 6. The fourth-order valence-corrected chi connectivity index (χ4v) is 8.64. The molecule has 3 unspecified atom stereocenters. The van der Waals surface area contributed by atoms with Crippen molar-refractivity contribution < 1.29 is 27.6 Å². The third-order valence-electron chi connectivity index (χ3n) is 11.9. The van der Waals surface area contributed by atoms with Crippen LogP contribution in [0.3, 0.4) is 0 Å². The van der Waals surface area contributed by atoms with Gasteiger partial charge in [-0.3, -0.25) is 14.4 Å². The van der Waals surface area contributed by atoms with Crippen LogP contribution in [0.2, 0.25) is 15.1 Å². The van der Waals surface area contributed by atoms with Crippen molar-refractivity contribution in [3.05, 3.63) is 194 Å². The molecule has 3 aliphatic rings. The summed E-state index contributed by atoms with van der Waals surface area (Å²) < 4.78 is 37.6. The maximum absolute atomic E-state index is 12.5. The molecule has 6 N–H and O–H groups in total. The molecule has 3 fully saturated rings. The van der Waals surface area contributed by atoms with Gasteiger partial charge in [0.05, 0.1) is 16.1 Å². The number of amides is 3. The van der Waals surface area contributed by atoms with E-state index < -0.39 is 17.6 Å². The predicted octanol–water partition coefficient (Wildman–Crippen LogP) is 12.0. The molecule has 6 aromatic carbocycles. The maximum Gasteiger partial charge on any atom is 0.416 e. The first-order valence-electron chi connectivity index (χ1n) is 22.0. The summed E-state index contributed by atoms with van der Waals surface area (Å²) in [6.07, 6.45) is -0.972. The highest BCUT2D eigenvalue weighted by Crippen LogP contribution is 2.30. The summed E-state index contributed by atoms with van der Waals surface area (Å²) in [5.74, 6) is 0.851. The summed E-state index contributed by atoms with van der Waals surface area (Å²) >= 11 is 17.7. The van der Waals surface area contributed by atoms with Crippen LogP contribution >= 0.6 is 34.8 Å². The molecule has 3 heterocycles. The average molecular weight is 970 g/mol. The van der Waals surface area contributed by atoms with E-state index in [0.717, 1.165) is 75.6 Å². The maximum atomic E-state index is 12.5. The molecule has 67 heavy (non-hydrogen) atoms. The van der Waals surface area contributed by atoms with Gasteiger partial charge in [-0.2, -0.15) is 13.2 Å². The number of carbonyl (C=O) groups is 3. The van der Waals surface area contributed by atoms with Crippen LogP contribution in [0.25, 0.3) is 0 Å². The van der Waals surface area contributed by atoms with Crippen molar-refractivity contribution in [2.75, 3.05) is 55.2 Å². The number of carbonyl (C=O) groups excluding carboxylic acids is 3. The molecule has 0 bridgehead atoms. The Bertz CT molecular complexity index is 2580. The zero-order valence-corrected chi connectivity index (χ0v) is 38.6. The molecule has 9 nitrogen and oxygen atoms in total. The quantitative estimate of drug-likeness (QED) is 0.0858. The van der Waals surface area contributed by atoms with Crippen LogP contribution in [0, 0.1) is 0 Å². The highest BCUT2D eigenvalue weighted by Gasteiger charge is 2.30. The Morgan fingerprint density at radius 3 is 1.16 bits per heavy atom. The van der Waals surface area contributed by atoms with Gasteiger partial charge < -0.3 is 31.9 Å². The van der Waals surface area contributed by atoms with Crippen LogP contribution in [0.1, 0.15) is 90.3 Å². The summed E-state index contributed by atoms with van der Waals surface area (Å²) in [5, 5.41) is 20.0. The van der Waals surface area contributed by atoms with Gasteiger partial charge in [-0.05, 0) is 176 Å². The molecule has 9 rings (SSSR count). The molecule has 0 aromatic heterocycles. The van der Waals surface area contributed by atoms with Gasteiger partial charge in [0.15, 0.2) is 0 Å². The van der Waals surface area contributed by atoms with Crippen molar-refractivity contribution in [2.45, 2.75) is 43.2 Å². The zero-order chi connectivity index (χ0) is 47.3. The molecular weight excluding hydrogens is 920 g/mol. The summed E-state index contributed by atoms with van der Waals surface area (Å²) in [6.45, 7) is 6.18. The SMILES string of the molecule is O=C(Nc1ccc(C2CCNC2)cc1)c1ccc(C(F)(F)F)cc1.O=C(Nc1ccc(C2CCNC2)cc1)c1ccc(Cl)cc1.O=C(Nc1ccc(C2CCNC2)cc1)c1ccc(Cl)cc1Cl. The number of halogens is 6. The number of nitrogens with one attached hydrogen (secondary N) is 6. The van der Waals surface area contributed by atoms with E-state index in [0.29, 0.717) is 49.6 Å². The van der Waals surface area contributed by atoms with E-state index in [1.807, 2.05) is 48.5 Å². The number of hydrogen-bond donors (Lipinski definition) is 6. The van der Waals surface area contributed by atoms with Crippen LogP contribution in [-0.4, -0.2) is 57.0 Å². The number of hydrogen-bond acceptors (Lipinski definition) is 6. The van der Waals surface area contributed by atoms with Gasteiger partial charge in [0.1, 0.15) is 0 Å². The van der Waals surface area contributed by atoms with Gasteiger partial charge in [0.25, 0.3) is 17.7 Å². The minimum atomic E-state index is -4.40. The third-order valence-corrected chi connectivity index (χ3v) is 12.7. The van der Waals surface area contributed by atoms with Crippen molar-refractivity contribution in [2.24, 2.45) is 0 Å². The normalized spacial score (nSPS) is 17.6. The summed E-state index contributed by atoms with van der Waals surface area (Å²) in [6, 6.07) is 39.5. The lowest BCUT2D eigenvalue weighted by molar-refractivity contribution is -0.137. The monoisotopic (exact) mass is 968 g/mol. The zero-order valence-electron chi connectivity index (χ0n) is 36.4. The Labute approximate surface area is 403 Å². The Kier molecular flexibility index (Phi) is 17.1. The first-order chi connectivity index (χ1) is 32.3. The van der Waals surface area contributed by atoms with Gasteiger partial charge in [-0.15, -0.1) is 0 Å². The van der Waals surface area contributed by atoms with Gasteiger partial charge in [0, 0.05) is 57.9 Å². The second-order valence-corrected chi connectivity index (χ2v) is 17.8. The fourth-order valence-electron chi connectivity index (χ4n) is 8.02. The molecule has 0 aliphatic carbocycles. The Balaban J connectivity index is 0.000000149. The van der Waals surface area contributed by atoms with Crippen LogP contribution in [0.5, 0.6) is 0 Å². The minimum absolute atomic E-state index is 0.123. The van der Waals surface area contributed by atoms with E-state index >= 15 is 0 Å². The second kappa shape index (κ2) is 23.3. The third kappa shape index (κ3) is 14.1. The molecular formula is C52H50Cl3F3N6O3. The molecule has 3 saturated heterocycles. The Morgan fingerprint density at radius 1 is 0.463 bits per heavy atom. The van der Waals surface area contributed by atoms with Crippen LogP contribution in [0.15, 0.2) is 140 Å². The summed E-state index contributed by atoms with van der Waals surface area (Å²) in [4.78, 5) is 36.5. The van der Waals surface area contributed by atoms with Crippen molar-refractivity contribution in [1.29, 1.82) is 0 Å². The number of rotatable bonds is 9. The molecule has 0 spiro atoms. The van der Waals surface area contributed by atoms with Gasteiger partial charge >= 0.3 is 6.18 Å². The van der Waals surface area contributed by atoms with E-state index in [2.05, 4.69) is 56.2 Å². The molecule has 0 radical (unpaired) electrons. The standard InChI is InChI=1S/C18H17F3N2O.C17H16Cl2N2O.C17H17ClN2O/c19-18(20,21)15-5-1-13(2-6-15)17(24)23-16-7-3-12(4-8-16)14-9-10-22-11-14;18-13-3-6-15(16(19)9-13)17(22)21-14-4-1-11(2-5-14)12-7-8-20-10-12;18-15-5-1-13(2-6-15)17(21)20-16-7-3-12(4-8-16)14-9-10-19-11-14/h1-8,14,22H,9-11H2,(H,23,24);1-6,9,12,20H,7-8,10H2,(H,21,22);1-8,14,19H,9-11H2,(H,20,21). The lowest BCUT2D eigenvalue weighted by Crippen LogP contribution is -2.13. The second-order valence-electron chi connectivity index (χ2n) is 16.5. The van der Waals surface area contributed by atoms with Crippen LogP contribution in [-0.2, 0) is 6.18 Å². The van der Waals surface area contributed by atoms with Crippen molar-refractivity contribution in [3.63, 3.8) is 0 Å². The lowest BCUT2D eigenvalue weighted by Gasteiger charge is -2.11. The van der Waals surface area contributed by atoms with Gasteiger partial charge in [-0.25, -0.2) is 0 Å². The molecule has 3 atom stereocenters. The lowest BCUT2D eigenvalue weighted by atomic mass is 9.98.